The van der Waals surface area contributed by atoms with Crippen molar-refractivity contribution in [3.63, 3.8) is 0 Å². The highest BCUT2D eigenvalue weighted by atomic mass is 35.5. The van der Waals surface area contributed by atoms with E-state index in [-0.39, 0.29) is 0 Å². The molecule has 0 fully saturated rings. The Morgan fingerprint density at radius 3 is 2.61 bits per heavy atom. The fourth-order valence-corrected chi connectivity index (χ4v) is 3.46. The van der Waals surface area contributed by atoms with Gasteiger partial charge in [-0.25, -0.2) is 4.98 Å². The van der Waals surface area contributed by atoms with E-state index in [0.29, 0.717) is 5.02 Å². The van der Waals surface area contributed by atoms with Crippen molar-refractivity contribution in [3.05, 3.63) is 76.5 Å². The van der Waals surface area contributed by atoms with Crippen molar-refractivity contribution in [1.82, 2.24) is 4.98 Å². The molecule has 0 radical (unpaired) electrons. The predicted molar refractivity (Wildman–Crippen MR) is 97.7 cm³/mol. The highest BCUT2D eigenvalue weighted by molar-refractivity contribution is 7.19. The quantitative estimate of drug-likeness (QED) is 0.433. The van der Waals surface area contributed by atoms with E-state index >= 15 is 0 Å². The molecule has 0 atom stereocenters. The van der Waals surface area contributed by atoms with Crippen LogP contribution < -0.4 is 0 Å². The lowest BCUT2D eigenvalue weighted by Crippen LogP contribution is -1.74. The summed E-state index contributed by atoms with van der Waals surface area (Å²) in [4.78, 5) is 4.58. The number of nitrogens with zero attached hydrogens (tertiary/aromatic N) is 1. The Balaban J connectivity index is 1.61. The van der Waals surface area contributed by atoms with Crippen LogP contribution in [0.3, 0.4) is 0 Å². The van der Waals surface area contributed by atoms with E-state index in [1.807, 2.05) is 66.7 Å². The van der Waals surface area contributed by atoms with E-state index in [0.717, 1.165) is 27.6 Å². The van der Waals surface area contributed by atoms with Crippen LogP contribution in [-0.4, -0.2) is 4.98 Å². The van der Waals surface area contributed by atoms with Gasteiger partial charge in [-0.2, -0.15) is 0 Å². The Hall–Kier alpha value is -2.36. The molecule has 2 nitrogen and oxygen atoms in total. The molecule has 4 heteroatoms. The molecular formula is C19H12ClNOS. The van der Waals surface area contributed by atoms with Crippen molar-refractivity contribution < 1.29 is 4.42 Å². The summed E-state index contributed by atoms with van der Waals surface area (Å²) in [6.45, 7) is 0. The summed E-state index contributed by atoms with van der Waals surface area (Å²) in [5.74, 6) is 1.54. The fraction of sp³-hybridized carbons (Fsp3) is 0. The maximum Gasteiger partial charge on any atom is 0.136 e. The number of aromatic nitrogens is 1. The Morgan fingerprint density at radius 2 is 1.74 bits per heavy atom. The van der Waals surface area contributed by atoms with E-state index in [9.17, 15) is 0 Å². The average Bonchev–Trinajstić information content (AvgIpc) is 3.19. The molecule has 0 aliphatic carbocycles. The maximum absolute atomic E-state index is 6.20. The average molecular weight is 338 g/mol. The minimum Gasteiger partial charge on any atom is -0.457 e. The number of para-hydroxylation sites is 1. The van der Waals surface area contributed by atoms with Crippen LogP contribution in [0.4, 0.5) is 0 Å². The molecule has 0 saturated carbocycles. The van der Waals surface area contributed by atoms with Gasteiger partial charge in [-0.1, -0.05) is 35.9 Å². The topological polar surface area (TPSA) is 26.0 Å². The van der Waals surface area contributed by atoms with Gasteiger partial charge in [0, 0.05) is 5.56 Å². The molecule has 0 bridgehead atoms. The molecule has 0 aliphatic rings. The number of thiazole rings is 1. The van der Waals surface area contributed by atoms with Crippen LogP contribution in [0.15, 0.2) is 65.1 Å². The second kappa shape index (κ2) is 6.03. The van der Waals surface area contributed by atoms with E-state index in [4.69, 9.17) is 16.0 Å². The van der Waals surface area contributed by atoms with Crippen molar-refractivity contribution in [2.24, 2.45) is 0 Å². The second-order valence-electron chi connectivity index (χ2n) is 5.04. The predicted octanol–water partition coefficient (Wildman–Crippen LogP) is 6.38. The first-order chi connectivity index (χ1) is 11.3. The zero-order valence-corrected chi connectivity index (χ0v) is 13.6. The van der Waals surface area contributed by atoms with Gasteiger partial charge in [0.25, 0.3) is 0 Å². The Kier molecular flexibility index (Phi) is 3.74. The summed E-state index contributed by atoms with van der Waals surface area (Å²) < 4.78 is 7.04. The standard InChI is InChI=1S/C19H12ClNOS/c20-15-6-2-1-5-14(15)17-11-9-13(22-17)10-12-19-21-16-7-3-4-8-18(16)23-19/h1-12H. The molecule has 2 aromatic heterocycles. The van der Waals surface area contributed by atoms with Crippen LogP contribution >= 0.6 is 22.9 Å². The van der Waals surface area contributed by atoms with E-state index in [1.165, 1.54) is 4.70 Å². The summed E-state index contributed by atoms with van der Waals surface area (Å²) in [5, 5.41) is 1.64. The van der Waals surface area contributed by atoms with Gasteiger partial charge in [0.1, 0.15) is 16.5 Å². The van der Waals surface area contributed by atoms with Gasteiger partial charge in [-0.15, -0.1) is 11.3 Å². The summed E-state index contributed by atoms with van der Waals surface area (Å²) in [5.41, 5.74) is 1.92. The minimum atomic E-state index is 0.684. The molecule has 23 heavy (non-hydrogen) atoms. The largest absolute Gasteiger partial charge is 0.457 e. The van der Waals surface area contributed by atoms with Crippen LogP contribution in [0, 0.1) is 0 Å². The Bertz CT molecular complexity index is 966. The third kappa shape index (κ3) is 2.93. The molecule has 4 aromatic rings. The molecular weight excluding hydrogens is 326 g/mol. The zero-order chi connectivity index (χ0) is 15.6. The molecule has 2 heterocycles. The fourth-order valence-electron chi connectivity index (χ4n) is 2.36. The molecule has 4 rings (SSSR count). The molecule has 0 aliphatic heterocycles. The van der Waals surface area contributed by atoms with Crippen molar-refractivity contribution in [2.45, 2.75) is 0 Å². The maximum atomic E-state index is 6.20. The number of fused-ring (bicyclic) bond motifs is 1. The van der Waals surface area contributed by atoms with Gasteiger partial charge in [0.2, 0.25) is 0 Å². The first kappa shape index (κ1) is 14.2. The van der Waals surface area contributed by atoms with Gasteiger partial charge in [-0.3, -0.25) is 0 Å². The third-order valence-corrected chi connectivity index (χ3v) is 4.80. The van der Waals surface area contributed by atoms with Gasteiger partial charge in [0.15, 0.2) is 0 Å². The molecule has 0 amide bonds. The van der Waals surface area contributed by atoms with Crippen LogP contribution in [0.1, 0.15) is 10.8 Å². The van der Waals surface area contributed by atoms with Crippen molar-refractivity contribution in [1.29, 1.82) is 0 Å². The zero-order valence-electron chi connectivity index (χ0n) is 12.1. The summed E-state index contributed by atoms with van der Waals surface area (Å²) in [7, 11) is 0. The number of rotatable bonds is 3. The second-order valence-corrected chi connectivity index (χ2v) is 6.50. The molecule has 0 spiro atoms. The van der Waals surface area contributed by atoms with E-state index < -0.39 is 0 Å². The highest BCUT2D eigenvalue weighted by Crippen LogP contribution is 2.30. The van der Waals surface area contributed by atoms with E-state index in [1.54, 1.807) is 11.3 Å². The number of benzene rings is 2. The molecule has 0 saturated heterocycles. The summed E-state index contributed by atoms with van der Waals surface area (Å²) in [6.07, 6.45) is 3.90. The minimum absolute atomic E-state index is 0.684. The van der Waals surface area contributed by atoms with Crippen molar-refractivity contribution in [2.75, 3.05) is 0 Å². The SMILES string of the molecule is Clc1ccccc1-c1ccc(C=Cc2nc3ccccc3s2)o1. The molecule has 2 aromatic carbocycles. The van der Waals surface area contributed by atoms with Gasteiger partial charge < -0.3 is 4.42 Å². The van der Waals surface area contributed by atoms with Crippen molar-refractivity contribution >= 4 is 45.3 Å². The normalized spacial score (nSPS) is 11.5. The number of hydrogen-bond acceptors (Lipinski definition) is 3. The van der Waals surface area contributed by atoms with Crippen molar-refractivity contribution in [3.8, 4) is 11.3 Å². The third-order valence-electron chi connectivity index (χ3n) is 3.47. The molecule has 0 unspecified atom stereocenters. The Morgan fingerprint density at radius 1 is 0.913 bits per heavy atom. The Labute approximate surface area is 142 Å². The first-order valence-electron chi connectivity index (χ1n) is 7.18. The van der Waals surface area contributed by atoms with Crippen LogP contribution in [0.2, 0.25) is 5.02 Å². The monoisotopic (exact) mass is 337 g/mol. The van der Waals surface area contributed by atoms with Crippen LogP contribution in [0.25, 0.3) is 33.7 Å². The number of furan rings is 1. The van der Waals surface area contributed by atoms with Crippen LogP contribution in [0.5, 0.6) is 0 Å². The number of halogens is 1. The lowest BCUT2D eigenvalue weighted by molar-refractivity contribution is 0.572. The molecule has 0 N–H and O–H groups in total. The summed E-state index contributed by atoms with van der Waals surface area (Å²) in [6, 6.07) is 19.6. The van der Waals surface area contributed by atoms with E-state index in [2.05, 4.69) is 11.1 Å². The lowest BCUT2D eigenvalue weighted by Gasteiger charge is -1.98. The first-order valence-corrected chi connectivity index (χ1v) is 8.37. The van der Waals surface area contributed by atoms with Gasteiger partial charge in [-0.05, 0) is 48.6 Å². The molecule has 112 valence electrons. The summed E-state index contributed by atoms with van der Waals surface area (Å²) >= 11 is 7.86. The van der Waals surface area contributed by atoms with Gasteiger partial charge in [0.05, 0.1) is 15.2 Å². The smallest absolute Gasteiger partial charge is 0.136 e. The lowest BCUT2D eigenvalue weighted by atomic mass is 10.2. The van der Waals surface area contributed by atoms with Gasteiger partial charge >= 0.3 is 0 Å². The highest BCUT2D eigenvalue weighted by Gasteiger charge is 2.07. The number of hydrogen-bond donors (Lipinski definition) is 0. The van der Waals surface area contributed by atoms with Crippen LogP contribution in [-0.2, 0) is 0 Å².